The highest BCUT2D eigenvalue weighted by Crippen LogP contribution is 2.25. The molecular weight excluding hydrogens is 352 g/mol. The maximum absolute atomic E-state index is 6.07. The third-order valence-electron chi connectivity index (χ3n) is 3.77. The molecule has 0 aliphatic carbocycles. The number of hydrogen-bond acceptors (Lipinski definition) is 2. The molecule has 0 fully saturated rings. The average Bonchev–Trinajstić information content (AvgIpc) is 2.86. The number of imidazole rings is 1. The smallest absolute Gasteiger partial charge is 0.301 e. The van der Waals surface area contributed by atoms with E-state index in [0.717, 1.165) is 12.3 Å². The largest absolute Gasteiger partial charge is 0.430 e. The average molecular weight is 379 g/mol. The Morgan fingerprint density at radius 1 is 1.09 bits per heavy atom. The lowest BCUT2D eigenvalue weighted by molar-refractivity contribution is 0.355. The van der Waals surface area contributed by atoms with Gasteiger partial charge in [0.05, 0.1) is 6.54 Å². The summed E-state index contributed by atoms with van der Waals surface area (Å²) in [6, 6.07) is 11.0. The number of halogens is 1. The minimum Gasteiger partial charge on any atom is -0.430 e. The van der Waals surface area contributed by atoms with E-state index < -0.39 is 0 Å². The molecule has 23 heavy (non-hydrogen) atoms. The fraction of sp³-hybridized carbons (Fsp3) is 0.421. The number of aromatic nitrogens is 2. The highest BCUT2D eigenvalue weighted by Gasteiger charge is 2.15. The van der Waals surface area contributed by atoms with Crippen molar-refractivity contribution in [2.75, 3.05) is 0 Å². The van der Waals surface area contributed by atoms with Crippen LogP contribution in [0, 0.1) is 11.8 Å². The van der Waals surface area contributed by atoms with Crippen LogP contribution in [0.5, 0.6) is 6.01 Å². The zero-order valence-corrected chi connectivity index (χ0v) is 16.3. The summed E-state index contributed by atoms with van der Waals surface area (Å²) in [6.07, 6.45) is 3.75. The molecule has 2 rings (SSSR count). The first-order valence-corrected chi connectivity index (χ1v) is 7.92. The second-order valence-corrected chi connectivity index (χ2v) is 6.25. The van der Waals surface area contributed by atoms with Crippen LogP contribution in [-0.4, -0.2) is 9.55 Å². The predicted molar refractivity (Wildman–Crippen MR) is 101 cm³/mol. The van der Waals surface area contributed by atoms with Crippen molar-refractivity contribution in [2.24, 2.45) is 11.8 Å². The van der Waals surface area contributed by atoms with Gasteiger partial charge < -0.3 is 4.74 Å². The number of hydrogen-bond donors (Lipinski definition) is 0. The molecule has 0 saturated carbocycles. The van der Waals surface area contributed by atoms with Crippen molar-refractivity contribution in [3.63, 3.8) is 0 Å². The summed E-state index contributed by atoms with van der Waals surface area (Å²) in [5.74, 6) is 1.90. The maximum atomic E-state index is 6.07. The Hall–Kier alpha value is -1.55. The van der Waals surface area contributed by atoms with E-state index in [4.69, 9.17) is 4.74 Å². The first-order chi connectivity index (χ1) is 10.5. The van der Waals surface area contributed by atoms with Crippen LogP contribution < -0.4 is 4.74 Å². The third kappa shape index (κ3) is 5.24. The van der Waals surface area contributed by atoms with Gasteiger partial charge in [0.25, 0.3) is 0 Å². The van der Waals surface area contributed by atoms with E-state index in [1.165, 1.54) is 11.1 Å². The maximum Gasteiger partial charge on any atom is 0.301 e. The van der Waals surface area contributed by atoms with Crippen LogP contribution in [0.4, 0.5) is 0 Å². The van der Waals surface area contributed by atoms with Crippen LogP contribution in [-0.2, 0) is 6.54 Å². The lowest BCUT2D eigenvalue weighted by Gasteiger charge is -2.19. The minimum absolute atomic E-state index is 0. The van der Waals surface area contributed by atoms with Crippen molar-refractivity contribution < 1.29 is 4.74 Å². The van der Waals surface area contributed by atoms with Gasteiger partial charge in [-0.25, -0.2) is 4.98 Å². The van der Waals surface area contributed by atoms with Crippen molar-refractivity contribution in [1.29, 1.82) is 0 Å². The molecule has 1 heterocycles. The molecule has 0 spiro atoms. The molecule has 2 aromatic rings. The number of benzene rings is 1. The number of ether oxygens (including phenoxy) is 1. The summed E-state index contributed by atoms with van der Waals surface area (Å²) in [5, 5.41) is 0. The van der Waals surface area contributed by atoms with Crippen molar-refractivity contribution in [3.8, 4) is 6.01 Å². The first-order valence-electron chi connectivity index (χ1n) is 7.92. The van der Waals surface area contributed by atoms with E-state index in [9.17, 15) is 0 Å². The Labute approximate surface area is 150 Å². The van der Waals surface area contributed by atoms with Gasteiger partial charge in [0, 0.05) is 12.4 Å². The van der Waals surface area contributed by atoms with Crippen LogP contribution in [0.25, 0.3) is 0 Å². The second kappa shape index (κ2) is 8.92. The number of rotatable bonds is 6. The molecule has 1 aromatic heterocycles. The summed E-state index contributed by atoms with van der Waals surface area (Å²) in [6.45, 7) is 11.6. The topological polar surface area (TPSA) is 27.1 Å². The monoisotopic (exact) mass is 378 g/mol. The SMILES string of the molecule is Br.CC(Oc1nccn1Cc1ccccc1)=C(C(C)C)C(C)C. The minimum atomic E-state index is 0. The van der Waals surface area contributed by atoms with E-state index in [2.05, 4.69) is 44.8 Å². The molecule has 0 amide bonds. The molecule has 0 atom stereocenters. The fourth-order valence-corrected chi connectivity index (χ4v) is 2.98. The van der Waals surface area contributed by atoms with Crippen LogP contribution >= 0.6 is 17.0 Å². The van der Waals surface area contributed by atoms with E-state index >= 15 is 0 Å². The Morgan fingerprint density at radius 3 is 2.26 bits per heavy atom. The van der Waals surface area contributed by atoms with Gasteiger partial charge >= 0.3 is 6.01 Å². The van der Waals surface area contributed by atoms with E-state index in [1.54, 1.807) is 6.20 Å². The van der Waals surface area contributed by atoms with Crippen LogP contribution in [0.2, 0.25) is 0 Å². The van der Waals surface area contributed by atoms with Gasteiger partial charge in [-0.05, 0) is 29.9 Å². The molecule has 0 unspecified atom stereocenters. The van der Waals surface area contributed by atoms with Gasteiger partial charge in [0.15, 0.2) is 0 Å². The molecule has 0 aliphatic heterocycles. The van der Waals surface area contributed by atoms with E-state index in [1.807, 2.05) is 35.9 Å². The zero-order valence-electron chi connectivity index (χ0n) is 14.6. The van der Waals surface area contributed by atoms with Crippen LogP contribution in [0.15, 0.2) is 54.1 Å². The quantitative estimate of drug-likeness (QED) is 0.622. The van der Waals surface area contributed by atoms with E-state index in [0.29, 0.717) is 17.8 Å². The third-order valence-corrected chi connectivity index (χ3v) is 3.77. The highest BCUT2D eigenvalue weighted by molar-refractivity contribution is 8.93. The molecule has 1 aromatic carbocycles. The molecule has 0 N–H and O–H groups in total. The van der Waals surface area contributed by atoms with Gasteiger partial charge in [0.1, 0.15) is 5.76 Å². The Balaban J connectivity index is 0.00000264. The van der Waals surface area contributed by atoms with Crippen molar-refractivity contribution in [2.45, 2.75) is 41.2 Å². The summed E-state index contributed by atoms with van der Waals surface area (Å²) >= 11 is 0. The molecule has 4 heteroatoms. The van der Waals surface area contributed by atoms with Crippen molar-refractivity contribution >= 4 is 17.0 Å². The van der Waals surface area contributed by atoms with Crippen molar-refractivity contribution in [1.82, 2.24) is 9.55 Å². The summed E-state index contributed by atoms with van der Waals surface area (Å²) in [4.78, 5) is 4.36. The van der Waals surface area contributed by atoms with Gasteiger partial charge in [-0.2, -0.15) is 0 Å². The van der Waals surface area contributed by atoms with Crippen molar-refractivity contribution in [3.05, 3.63) is 59.6 Å². The second-order valence-electron chi connectivity index (χ2n) is 6.25. The van der Waals surface area contributed by atoms with Gasteiger partial charge in [0.2, 0.25) is 0 Å². The van der Waals surface area contributed by atoms with Gasteiger partial charge in [-0.1, -0.05) is 58.0 Å². The zero-order chi connectivity index (χ0) is 16.1. The van der Waals surface area contributed by atoms with Crippen LogP contribution in [0.3, 0.4) is 0 Å². The molecule has 0 radical (unpaired) electrons. The lowest BCUT2D eigenvalue weighted by atomic mass is 9.92. The highest BCUT2D eigenvalue weighted by atomic mass is 79.9. The summed E-state index contributed by atoms with van der Waals surface area (Å²) < 4.78 is 8.11. The molecule has 0 bridgehead atoms. The molecule has 0 saturated heterocycles. The van der Waals surface area contributed by atoms with Crippen LogP contribution in [0.1, 0.15) is 40.2 Å². The predicted octanol–water partition coefficient (Wildman–Crippen LogP) is 5.47. The number of nitrogens with zero attached hydrogens (tertiary/aromatic N) is 2. The first kappa shape index (κ1) is 19.5. The molecule has 126 valence electrons. The van der Waals surface area contributed by atoms with Gasteiger partial charge in [-0.3, -0.25) is 4.57 Å². The van der Waals surface area contributed by atoms with E-state index in [-0.39, 0.29) is 17.0 Å². The fourth-order valence-electron chi connectivity index (χ4n) is 2.98. The standard InChI is InChI=1S/C19H26N2O.BrH/c1-14(2)18(15(3)4)16(5)22-19-20-11-12-21(19)13-17-9-7-6-8-10-17;/h6-12,14-15H,13H2,1-5H3;1H. The summed E-state index contributed by atoms with van der Waals surface area (Å²) in [5.41, 5.74) is 2.58. The Kier molecular flexibility index (Phi) is 7.56. The normalized spacial score (nSPS) is 10.6. The number of allylic oxidation sites excluding steroid dienone is 2. The molecular formula is C19H27BrN2O. The molecule has 3 nitrogen and oxygen atoms in total. The molecule has 0 aliphatic rings. The summed E-state index contributed by atoms with van der Waals surface area (Å²) in [7, 11) is 0. The Bertz CT molecular complexity index is 620. The van der Waals surface area contributed by atoms with Gasteiger partial charge in [-0.15, -0.1) is 17.0 Å². The lowest BCUT2D eigenvalue weighted by Crippen LogP contribution is -2.11. The Morgan fingerprint density at radius 2 is 1.70 bits per heavy atom.